The van der Waals surface area contributed by atoms with Crippen molar-refractivity contribution in [3.8, 4) is 0 Å². The van der Waals surface area contributed by atoms with Gasteiger partial charge in [0.1, 0.15) is 5.82 Å². The maximum atomic E-state index is 13.7. The molecule has 4 rings (SSSR count). The van der Waals surface area contributed by atoms with E-state index >= 15 is 0 Å². The molecule has 0 aromatic heterocycles. The quantitative estimate of drug-likeness (QED) is 0.795. The fraction of sp³-hybridized carbons (Fsp3) is 0.619. The van der Waals surface area contributed by atoms with Gasteiger partial charge in [-0.1, -0.05) is 6.07 Å². The molecule has 3 aliphatic heterocycles. The van der Waals surface area contributed by atoms with Crippen LogP contribution in [0.4, 0.5) is 14.9 Å². The van der Waals surface area contributed by atoms with Crippen LogP contribution >= 0.6 is 0 Å². The number of ether oxygens (including phenoxy) is 1. The molecular formula is C21H28FN3O3. The monoisotopic (exact) mass is 389 g/mol. The van der Waals surface area contributed by atoms with Gasteiger partial charge < -0.3 is 19.4 Å². The number of nitrogens with zero attached hydrogens (tertiary/aromatic N) is 3. The lowest BCUT2D eigenvalue weighted by Gasteiger charge is -2.33. The van der Waals surface area contributed by atoms with Crippen molar-refractivity contribution in [1.82, 2.24) is 9.80 Å². The van der Waals surface area contributed by atoms with Crippen LogP contribution in [0.1, 0.15) is 31.7 Å². The van der Waals surface area contributed by atoms with E-state index < -0.39 is 0 Å². The summed E-state index contributed by atoms with van der Waals surface area (Å²) in [5.74, 6) is 0.347. The molecule has 1 aromatic carbocycles. The first kappa shape index (κ1) is 19.2. The third-order valence-electron chi connectivity index (χ3n) is 6.19. The van der Waals surface area contributed by atoms with Crippen LogP contribution in [-0.4, -0.2) is 67.2 Å². The van der Waals surface area contributed by atoms with E-state index in [-0.39, 0.29) is 23.9 Å². The first-order valence-corrected chi connectivity index (χ1v) is 10.3. The van der Waals surface area contributed by atoms with Crippen LogP contribution in [0.2, 0.25) is 0 Å². The summed E-state index contributed by atoms with van der Waals surface area (Å²) in [5, 5.41) is 0. The minimum absolute atomic E-state index is 0.0789. The summed E-state index contributed by atoms with van der Waals surface area (Å²) in [7, 11) is 0. The SMILES string of the molecule is CCOC(=O)N1CCC(CN2CC[C@H](N3C(=O)Cc4ccc(F)cc43)C2)CC1. The number of hydrogen-bond donors (Lipinski definition) is 0. The van der Waals surface area contributed by atoms with Crippen LogP contribution in [0.25, 0.3) is 0 Å². The van der Waals surface area contributed by atoms with E-state index in [4.69, 9.17) is 4.74 Å². The number of fused-ring (bicyclic) bond motifs is 1. The fourth-order valence-corrected chi connectivity index (χ4v) is 4.76. The Balaban J connectivity index is 1.31. The molecule has 3 aliphatic rings. The molecule has 0 N–H and O–H groups in total. The van der Waals surface area contributed by atoms with Gasteiger partial charge in [-0.25, -0.2) is 9.18 Å². The number of benzene rings is 1. The number of amides is 2. The first-order valence-electron chi connectivity index (χ1n) is 10.3. The zero-order valence-corrected chi connectivity index (χ0v) is 16.4. The van der Waals surface area contributed by atoms with Gasteiger partial charge >= 0.3 is 6.09 Å². The fourth-order valence-electron chi connectivity index (χ4n) is 4.76. The van der Waals surface area contributed by atoms with Crippen molar-refractivity contribution in [2.24, 2.45) is 5.92 Å². The van der Waals surface area contributed by atoms with E-state index in [0.29, 0.717) is 18.9 Å². The molecule has 0 radical (unpaired) electrons. The van der Waals surface area contributed by atoms with Crippen molar-refractivity contribution in [2.75, 3.05) is 44.2 Å². The Morgan fingerprint density at radius 2 is 2.00 bits per heavy atom. The van der Waals surface area contributed by atoms with Crippen molar-refractivity contribution in [3.05, 3.63) is 29.6 Å². The predicted octanol–water partition coefficient (Wildman–Crippen LogP) is 2.66. The van der Waals surface area contributed by atoms with E-state index in [1.807, 2.05) is 11.8 Å². The van der Waals surface area contributed by atoms with E-state index in [9.17, 15) is 14.0 Å². The molecule has 1 atom stereocenters. The number of carbonyl (C=O) groups is 2. The molecule has 28 heavy (non-hydrogen) atoms. The summed E-state index contributed by atoms with van der Waals surface area (Å²) in [6.45, 7) is 6.51. The minimum atomic E-state index is -0.290. The zero-order valence-electron chi connectivity index (χ0n) is 16.4. The predicted molar refractivity (Wildman–Crippen MR) is 104 cm³/mol. The summed E-state index contributed by atoms with van der Waals surface area (Å²) < 4.78 is 18.8. The lowest BCUT2D eigenvalue weighted by Crippen LogP contribution is -2.43. The number of carbonyl (C=O) groups excluding carboxylic acids is 2. The zero-order chi connectivity index (χ0) is 19.7. The van der Waals surface area contributed by atoms with Gasteiger partial charge in [0.05, 0.1) is 24.8 Å². The second-order valence-electron chi connectivity index (χ2n) is 8.04. The van der Waals surface area contributed by atoms with Gasteiger partial charge in [-0.05, 0) is 49.8 Å². The molecule has 152 valence electrons. The smallest absolute Gasteiger partial charge is 0.409 e. The molecule has 2 saturated heterocycles. The van der Waals surface area contributed by atoms with Gasteiger partial charge in [0.15, 0.2) is 0 Å². The highest BCUT2D eigenvalue weighted by atomic mass is 19.1. The molecule has 2 amide bonds. The van der Waals surface area contributed by atoms with Crippen LogP contribution < -0.4 is 4.90 Å². The number of anilines is 1. The number of hydrogen-bond acceptors (Lipinski definition) is 4. The van der Waals surface area contributed by atoms with Gasteiger partial charge in [0.2, 0.25) is 5.91 Å². The summed E-state index contributed by atoms with van der Waals surface area (Å²) >= 11 is 0. The maximum absolute atomic E-state index is 13.7. The minimum Gasteiger partial charge on any atom is -0.450 e. The summed E-state index contributed by atoms with van der Waals surface area (Å²) in [6, 6.07) is 4.77. The molecule has 6 nitrogen and oxygen atoms in total. The Labute approximate surface area is 165 Å². The lowest BCUT2D eigenvalue weighted by atomic mass is 9.96. The molecular weight excluding hydrogens is 361 g/mol. The molecule has 3 heterocycles. The molecule has 2 fully saturated rings. The largest absolute Gasteiger partial charge is 0.450 e. The van der Waals surface area contributed by atoms with Crippen LogP contribution in [0.3, 0.4) is 0 Å². The Hall–Kier alpha value is -2.15. The van der Waals surface area contributed by atoms with Gasteiger partial charge in [0.25, 0.3) is 0 Å². The summed E-state index contributed by atoms with van der Waals surface area (Å²) in [6.07, 6.45) is 3.05. The number of likely N-dealkylation sites (tertiary alicyclic amines) is 2. The molecule has 0 unspecified atom stereocenters. The van der Waals surface area contributed by atoms with Crippen molar-refractivity contribution < 1.29 is 18.7 Å². The number of rotatable bonds is 4. The van der Waals surface area contributed by atoms with Crippen molar-refractivity contribution >= 4 is 17.7 Å². The van der Waals surface area contributed by atoms with Gasteiger partial charge in [0, 0.05) is 32.7 Å². The second kappa shape index (κ2) is 8.07. The van der Waals surface area contributed by atoms with Gasteiger partial charge in [-0.3, -0.25) is 4.79 Å². The van der Waals surface area contributed by atoms with E-state index in [0.717, 1.165) is 63.2 Å². The highest BCUT2D eigenvalue weighted by molar-refractivity contribution is 6.02. The highest BCUT2D eigenvalue weighted by Gasteiger charge is 2.37. The molecule has 7 heteroatoms. The Morgan fingerprint density at radius 1 is 1.21 bits per heavy atom. The number of piperidine rings is 1. The Morgan fingerprint density at radius 3 is 2.75 bits per heavy atom. The van der Waals surface area contributed by atoms with Gasteiger partial charge in [-0.2, -0.15) is 0 Å². The van der Waals surface area contributed by atoms with Gasteiger partial charge in [-0.15, -0.1) is 0 Å². The summed E-state index contributed by atoms with van der Waals surface area (Å²) in [5.41, 5.74) is 1.68. The Kier molecular flexibility index (Phi) is 5.53. The first-order chi connectivity index (χ1) is 13.5. The van der Waals surface area contributed by atoms with Crippen molar-refractivity contribution in [3.63, 3.8) is 0 Å². The molecule has 0 aliphatic carbocycles. The molecule has 1 aromatic rings. The summed E-state index contributed by atoms with van der Waals surface area (Å²) in [4.78, 5) is 30.4. The van der Waals surface area contributed by atoms with Crippen LogP contribution in [-0.2, 0) is 16.0 Å². The van der Waals surface area contributed by atoms with Crippen molar-refractivity contribution in [1.29, 1.82) is 0 Å². The average molecular weight is 389 g/mol. The van der Waals surface area contributed by atoms with E-state index in [1.165, 1.54) is 12.1 Å². The number of halogens is 1. The maximum Gasteiger partial charge on any atom is 0.409 e. The normalized spacial score (nSPS) is 23.4. The molecule has 0 spiro atoms. The molecule has 0 bridgehead atoms. The second-order valence-corrected chi connectivity index (χ2v) is 8.04. The van der Waals surface area contributed by atoms with Crippen LogP contribution in [0, 0.1) is 11.7 Å². The third kappa shape index (κ3) is 3.85. The van der Waals surface area contributed by atoms with Crippen molar-refractivity contribution in [2.45, 2.75) is 38.6 Å². The Bertz CT molecular complexity index is 748. The van der Waals surface area contributed by atoms with E-state index in [2.05, 4.69) is 4.90 Å². The topological polar surface area (TPSA) is 53.1 Å². The average Bonchev–Trinajstić information content (AvgIpc) is 3.25. The molecule has 0 saturated carbocycles. The lowest BCUT2D eigenvalue weighted by molar-refractivity contribution is -0.117. The standard InChI is InChI=1S/C21H28FN3O3/c1-2-28-21(27)24-9-5-15(6-10-24)13-23-8-7-18(14-23)25-19-12-17(22)4-3-16(19)11-20(25)26/h3-4,12,15,18H,2,5-11,13-14H2,1H3/t18-/m0/s1. The van der Waals surface area contributed by atoms with E-state index in [1.54, 1.807) is 11.0 Å². The van der Waals surface area contributed by atoms with Crippen LogP contribution in [0.5, 0.6) is 0 Å². The highest BCUT2D eigenvalue weighted by Crippen LogP contribution is 2.34. The van der Waals surface area contributed by atoms with Crippen LogP contribution in [0.15, 0.2) is 18.2 Å². The third-order valence-corrected chi connectivity index (χ3v) is 6.19.